The van der Waals surface area contributed by atoms with Crippen LogP contribution in [0.2, 0.25) is 0 Å². The second-order valence-electron chi connectivity index (χ2n) is 5.43. The number of carbonyl (C=O) groups is 1. The van der Waals surface area contributed by atoms with Crippen molar-refractivity contribution in [2.24, 2.45) is 5.41 Å². The second kappa shape index (κ2) is 9.32. The van der Waals surface area contributed by atoms with Gasteiger partial charge in [0.2, 0.25) is 0 Å². The Hall–Kier alpha value is -0.610. The van der Waals surface area contributed by atoms with Gasteiger partial charge in [-0.05, 0) is 25.7 Å². The number of aliphatic hydroxyl groups is 1. The van der Waals surface area contributed by atoms with Crippen molar-refractivity contribution in [1.82, 2.24) is 6.15 Å². The summed E-state index contributed by atoms with van der Waals surface area (Å²) in [7, 11) is 0. The predicted octanol–water partition coefficient (Wildman–Crippen LogP) is 3.03. The molecule has 0 aromatic carbocycles. The molecule has 0 heterocycles. The molecule has 0 aromatic heterocycles. The molecule has 0 fully saturated rings. The second-order valence-corrected chi connectivity index (χ2v) is 5.43. The SMILES string of the molecule is CCCC(CCC)(CCC)C(O)(CCC)C(=O)[O-].[NH4+]. The van der Waals surface area contributed by atoms with Gasteiger partial charge in [0.1, 0.15) is 5.60 Å². The zero-order valence-corrected chi connectivity index (χ0v) is 13.4. The van der Waals surface area contributed by atoms with Crippen molar-refractivity contribution in [3.05, 3.63) is 0 Å². The number of hydrogen-bond acceptors (Lipinski definition) is 3. The van der Waals surface area contributed by atoms with Gasteiger partial charge in [-0.15, -0.1) is 0 Å². The van der Waals surface area contributed by atoms with E-state index < -0.39 is 17.0 Å². The minimum atomic E-state index is -1.68. The fourth-order valence-corrected chi connectivity index (χ4v) is 3.38. The van der Waals surface area contributed by atoms with Gasteiger partial charge < -0.3 is 21.2 Å². The number of aliphatic carboxylic acids is 1. The zero-order valence-electron chi connectivity index (χ0n) is 13.4. The van der Waals surface area contributed by atoms with Crippen molar-refractivity contribution in [3.8, 4) is 0 Å². The van der Waals surface area contributed by atoms with Crippen molar-refractivity contribution in [3.63, 3.8) is 0 Å². The monoisotopic (exact) mass is 275 g/mol. The molecule has 0 aliphatic rings. The number of quaternary nitrogens is 1. The minimum absolute atomic E-state index is 0. The third kappa shape index (κ3) is 4.46. The summed E-state index contributed by atoms with van der Waals surface area (Å²) in [6, 6.07) is 0. The summed E-state index contributed by atoms with van der Waals surface area (Å²) in [6.07, 6.45) is 5.86. The molecule has 0 saturated heterocycles. The van der Waals surface area contributed by atoms with Crippen LogP contribution < -0.4 is 11.3 Å². The zero-order chi connectivity index (χ0) is 14.2. The molecule has 0 radical (unpaired) electrons. The summed E-state index contributed by atoms with van der Waals surface area (Å²) in [4.78, 5) is 11.5. The van der Waals surface area contributed by atoms with Gasteiger partial charge in [0.05, 0.1) is 5.97 Å². The van der Waals surface area contributed by atoms with Crippen LogP contribution >= 0.6 is 0 Å². The van der Waals surface area contributed by atoms with Crippen LogP contribution in [0.25, 0.3) is 0 Å². The Morgan fingerprint density at radius 2 is 1.21 bits per heavy atom. The molecule has 4 nitrogen and oxygen atoms in total. The van der Waals surface area contributed by atoms with Crippen molar-refractivity contribution in [2.75, 3.05) is 0 Å². The average molecular weight is 275 g/mol. The standard InChI is InChI=1S/C15H30O3.H3N/c1-5-9-14(10-6-2,11-7-3)15(18,12-8-4)13(16)17;/h18H,5-12H2,1-4H3,(H,16,17);1H3. The normalized spacial score (nSPS) is 14.6. The topological polar surface area (TPSA) is 96.9 Å². The summed E-state index contributed by atoms with van der Waals surface area (Å²) in [5.41, 5.74) is -2.20. The van der Waals surface area contributed by atoms with Crippen molar-refractivity contribution >= 4 is 5.97 Å². The molecule has 0 rings (SSSR count). The molecule has 0 aliphatic heterocycles. The van der Waals surface area contributed by atoms with Crippen LogP contribution in [0.5, 0.6) is 0 Å². The highest BCUT2D eigenvalue weighted by Crippen LogP contribution is 2.46. The van der Waals surface area contributed by atoms with E-state index in [0.29, 0.717) is 6.42 Å². The fraction of sp³-hybridized carbons (Fsp3) is 0.933. The third-order valence-electron chi connectivity index (χ3n) is 4.01. The number of carboxylic acid groups (broad SMARTS) is 1. The lowest BCUT2D eigenvalue weighted by molar-refractivity contribution is -0.335. The van der Waals surface area contributed by atoms with Gasteiger partial charge in [0.25, 0.3) is 0 Å². The molecule has 0 aromatic rings. The van der Waals surface area contributed by atoms with E-state index in [1.54, 1.807) is 0 Å². The maximum absolute atomic E-state index is 11.5. The first-order chi connectivity index (χ1) is 8.44. The number of rotatable bonds is 10. The summed E-state index contributed by atoms with van der Waals surface area (Å²) in [5, 5.41) is 22.3. The van der Waals surface area contributed by atoms with E-state index in [1.165, 1.54) is 0 Å². The Bertz CT molecular complexity index is 239. The van der Waals surface area contributed by atoms with E-state index in [1.807, 2.05) is 27.7 Å². The minimum Gasteiger partial charge on any atom is -0.547 e. The van der Waals surface area contributed by atoms with E-state index >= 15 is 0 Å². The van der Waals surface area contributed by atoms with E-state index in [2.05, 4.69) is 0 Å². The Kier molecular flexibility index (Phi) is 10.2. The quantitative estimate of drug-likeness (QED) is 0.641. The highest BCUT2D eigenvalue weighted by Gasteiger charge is 2.48. The summed E-state index contributed by atoms with van der Waals surface area (Å²) >= 11 is 0. The molecular formula is C15H33NO3. The molecule has 0 amide bonds. The van der Waals surface area contributed by atoms with E-state index in [4.69, 9.17) is 0 Å². The van der Waals surface area contributed by atoms with Crippen LogP contribution in [-0.4, -0.2) is 16.7 Å². The van der Waals surface area contributed by atoms with Crippen LogP contribution in [0, 0.1) is 5.41 Å². The van der Waals surface area contributed by atoms with Crippen LogP contribution in [0.15, 0.2) is 0 Å². The smallest absolute Gasteiger partial charge is 0.109 e. The molecule has 1 unspecified atom stereocenters. The summed E-state index contributed by atoms with van der Waals surface area (Å²) < 4.78 is 0. The summed E-state index contributed by atoms with van der Waals surface area (Å²) in [6.45, 7) is 8.04. The van der Waals surface area contributed by atoms with Gasteiger partial charge in [-0.25, -0.2) is 0 Å². The molecule has 1 atom stereocenters. The fourth-order valence-electron chi connectivity index (χ4n) is 3.38. The number of carboxylic acids is 1. The maximum Gasteiger partial charge on any atom is 0.109 e. The van der Waals surface area contributed by atoms with E-state index in [-0.39, 0.29) is 12.6 Å². The molecule has 0 spiro atoms. The molecule has 116 valence electrons. The van der Waals surface area contributed by atoms with Gasteiger partial charge in [-0.3, -0.25) is 0 Å². The lowest BCUT2D eigenvalue weighted by atomic mass is 9.62. The molecular weight excluding hydrogens is 242 g/mol. The predicted molar refractivity (Wildman–Crippen MR) is 78.0 cm³/mol. The van der Waals surface area contributed by atoms with Crippen LogP contribution in [-0.2, 0) is 4.79 Å². The highest BCUT2D eigenvalue weighted by atomic mass is 16.4. The lowest BCUT2D eigenvalue weighted by Gasteiger charge is -2.48. The first-order valence-corrected chi connectivity index (χ1v) is 7.37. The number of carbonyl (C=O) groups excluding carboxylic acids is 1. The average Bonchev–Trinajstić information content (AvgIpc) is 2.29. The molecule has 0 bridgehead atoms. The van der Waals surface area contributed by atoms with Crippen LogP contribution in [0.3, 0.4) is 0 Å². The first-order valence-electron chi connectivity index (χ1n) is 7.37. The van der Waals surface area contributed by atoms with E-state index in [0.717, 1.165) is 38.5 Å². The highest BCUT2D eigenvalue weighted by molar-refractivity contribution is 5.76. The van der Waals surface area contributed by atoms with Gasteiger partial charge in [-0.1, -0.05) is 53.4 Å². The molecule has 5 N–H and O–H groups in total. The first kappa shape index (κ1) is 20.7. The van der Waals surface area contributed by atoms with Crippen molar-refractivity contribution < 1.29 is 15.0 Å². The Morgan fingerprint density at radius 3 is 1.42 bits per heavy atom. The van der Waals surface area contributed by atoms with Gasteiger partial charge in [0, 0.05) is 5.41 Å². The van der Waals surface area contributed by atoms with Crippen molar-refractivity contribution in [1.29, 1.82) is 0 Å². The Labute approximate surface area is 118 Å². The summed E-state index contributed by atoms with van der Waals surface area (Å²) in [5.74, 6) is -1.29. The molecule has 19 heavy (non-hydrogen) atoms. The van der Waals surface area contributed by atoms with Gasteiger partial charge >= 0.3 is 0 Å². The largest absolute Gasteiger partial charge is 0.547 e. The molecule has 0 saturated carbocycles. The van der Waals surface area contributed by atoms with Gasteiger partial charge in [-0.2, -0.15) is 0 Å². The Balaban J connectivity index is 0. The Morgan fingerprint density at radius 1 is 0.895 bits per heavy atom. The van der Waals surface area contributed by atoms with Gasteiger partial charge in [0.15, 0.2) is 0 Å². The maximum atomic E-state index is 11.5. The third-order valence-corrected chi connectivity index (χ3v) is 4.01. The molecule has 0 aliphatic carbocycles. The van der Waals surface area contributed by atoms with E-state index in [9.17, 15) is 15.0 Å². The van der Waals surface area contributed by atoms with Crippen LogP contribution in [0.1, 0.15) is 79.1 Å². The lowest BCUT2D eigenvalue weighted by Crippen LogP contribution is -2.59. The number of hydrogen-bond donors (Lipinski definition) is 2. The molecule has 4 heteroatoms. The van der Waals surface area contributed by atoms with Crippen molar-refractivity contribution in [2.45, 2.75) is 84.7 Å². The van der Waals surface area contributed by atoms with Crippen LogP contribution in [0.4, 0.5) is 0 Å².